The first-order valence-corrected chi connectivity index (χ1v) is 7.25. The van der Waals surface area contributed by atoms with Gasteiger partial charge in [-0.2, -0.15) is 5.10 Å². The highest BCUT2D eigenvalue weighted by Crippen LogP contribution is 2.40. The Balaban J connectivity index is 1.55. The number of ether oxygens (including phenoxy) is 2. The molecule has 23 heavy (non-hydrogen) atoms. The lowest BCUT2D eigenvalue weighted by molar-refractivity contribution is 0.0950. The van der Waals surface area contributed by atoms with Gasteiger partial charge in [-0.25, -0.2) is 13.9 Å². The van der Waals surface area contributed by atoms with Crippen molar-refractivity contribution in [3.05, 3.63) is 59.7 Å². The van der Waals surface area contributed by atoms with Crippen LogP contribution in [0.2, 0.25) is 0 Å². The molecule has 118 valence electrons. The van der Waals surface area contributed by atoms with Gasteiger partial charge in [-0.3, -0.25) is 0 Å². The van der Waals surface area contributed by atoms with Gasteiger partial charge in [0.25, 0.3) is 0 Å². The summed E-state index contributed by atoms with van der Waals surface area (Å²) in [7, 11) is 1.61. The maximum atomic E-state index is 13.2. The van der Waals surface area contributed by atoms with Gasteiger partial charge in [-0.15, -0.1) is 0 Å². The molecule has 4 rings (SSSR count). The molecule has 2 aromatic heterocycles. The highest BCUT2D eigenvalue weighted by Gasteiger charge is 2.43. The second-order valence-corrected chi connectivity index (χ2v) is 5.33. The van der Waals surface area contributed by atoms with Crippen LogP contribution in [0.15, 0.2) is 42.7 Å². The Morgan fingerprint density at radius 3 is 3.09 bits per heavy atom. The molecule has 0 radical (unpaired) electrons. The van der Waals surface area contributed by atoms with Crippen LogP contribution in [0.4, 0.5) is 10.2 Å². The summed E-state index contributed by atoms with van der Waals surface area (Å²) in [5.74, 6) is 0.445. The van der Waals surface area contributed by atoms with Crippen molar-refractivity contribution in [1.29, 1.82) is 0 Å². The molecule has 0 amide bonds. The molecule has 0 bridgehead atoms. The molecule has 3 heterocycles. The van der Waals surface area contributed by atoms with E-state index in [1.165, 1.54) is 12.1 Å². The lowest BCUT2D eigenvalue weighted by atomic mass is 10.2. The zero-order valence-electron chi connectivity index (χ0n) is 12.4. The van der Waals surface area contributed by atoms with Gasteiger partial charge in [0.15, 0.2) is 11.9 Å². The fourth-order valence-electron chi connectivity index (χ4n) is 2.52. The van der Waals surface area contributed by atoms with Crippen LogP contribution in [-0.4, -0.2) is 28.0 Å². The van der Waals surface area contributed by atoms with Crippen LogP contribution >= 0.6 is 0 Å². The molecular weight excluding hydrogens is 299 g/mol. The fraction of sp³-hybridized carbons (Fsp3) is 0.250. The van der Waals surface area contributed by atoms with Crippen molar-refractivity contribution in [3.63, 3.8) is 0 Å². The Labute approximate surface area is 131 Å². The van der Waals surface area contributed by atoms with Crippen LogP contribution in [0.5, 0.6) is 0 Å². The van der Waals surface area contributed by atoms with Crippen molar-refractivity contribution in [2.45, 2.75) is 18.9 Å². The van der Waals surface area contributed by atoms with Crippen molar-refractivity contribution < 1.29 is 13.9 Å². The molecule has 1 aromatic carbocycles. The first-order chi connectivity index (χ1) is 11.2. The van der Waals surface area contributed by atoms with Crippen molar-refractivity contribution in [2.75, 3.05) is 12.4 Å². The Hall–Kier alpha value is -2.51. The van der Waals surface area contributed by atoms with E-state index < -0.39 is 0 Å². The topological polar surface area (TPSA) is 64.0 Å². The van der Waals surface area contributed by atoms with E-state index >= 15 is 0 Å². The summed E-state index contributed by atoms with van der Waals surface area (Å²) in [6, 6.07) is 8.29. The van der Waals surface area contributed by atoms with Gasteiger partial charge in [0, 0.05) is 19.9 Å². The Morgan fingerprint density at radius 2 is 2.30 bits per heavy atom. The molecule has 7 heteroatoms. The molecule has 6 nitrogen and oxygen atoms in total. The van der Waals surface area contributed by atoms with Gasteiger partial charge in [-0.05, 0) is 23.8 Å². The van der Waals surface area contributed by atoms with Crippen molar-refractivity contribution in [1.82, 2.24) is 14.6 Å². The SMILES string of the molecule is COC1OC1c1cnn2ccc(NCc3cccc(F)c3)nc12. The second-order valence-electron chi connectivity index (χ2n) is 5.33. The van der Waals surface area contributed by atoms with E-state index in [0.717, 1.165) is 16.8 Å². The standard InChI is InChI=1S/C16H15FN4O2/c1-22-16-14(23-16)12-9-19-21-6-5-13(20-15(12)21)18-8-10-3-2-4-11(17)7-10/h2-7,9,14,16H,8H2,1H3,(H,18,20). The van der Waals surface area contributed by atoms with Gasteiger partial charge in [-0.1, -0.05) is 12.1 Å². The fourth-order valence-corrected chi connectivity index (χ4v) is 2.52. The molecule has 1 fully saturated rings. The molecule has 1 N–H and O–H groups in total. The molecule has 2 unspecified atom stereocenters. The number of benzene rings is 1. The van der Waals surface area contributed by atoms with E-state index in [4.69, 9.17) is 9.47 Å². The summed E-state index contributed by atoms with van der Waals surface area (Å²) in [6.45, 7) is 0.491. The van der Waals surface area contributed by atoms with Gasteiger partial charge in [0.2, 0.25) is 0 Å². The minimum atomic E-state index is -0.248. The van der Waals surface area contributed by atoms with Crippen LogP contribution in [0, 0.1) is 5.82 Å². The Morgan fingerprint density at radius 1 is 1.39 bits per heavy atom. The van der Waals surface area contributed by atoms with Crippen LogP contribution < -0.4 is 5.32 Å². The quantitative estimate of drug-likeness (QED) is 0.733. The number of epoxide rings is 1. The summed E-state index contributed by atoms with van der Waals surface area (Å²) in [6.07, 6.45) is 3.21. The van der Waals surface area contributed by atoms with E-state index in [-0.39, 0.29) is 18.2 Å². The number of hydrogen-bond acceptors (Lipinski definition) is 5. The molecule has 2 atom stereocenters. The molecule has 0 saturated carbocycles. The normalized spacial score (nSPS) is 19.9. The van der Waals surface area contributed by atoms with Gasteiger partial charge in [0.1, 0.15) is 17.7 Å². The third-order valence-electron chi connectivity index (χ3n) is 3.75. The van der Waals surface area contributed by atoms with Crippen LogP contribution in [0.3, 0.4) is 0 Å². The third-order valence-corrected chi connectivity index (χ3v) is 3.75. The van der Waals surface area contributed by atoms with Crippen molar-refractivity contribution >= 4 is 11.5 Å². The number of fused-ring (bicyclic) bond motifs is 1. The van der Waals surface area contributed by atoms with E-state index in [0.29, 0.717) is 12.4 Å². The third kappa shape index (κ3) is 2.76. The van der Waals surface area contributed by atoms with E-state index in [2.05, 4.69) is 15.4 Å². The summed E-state index contributed by atoms with van der Waals surface area (Å²) in [5, 5.41) is 7.45. The zero-order valence-corrected chi connectivity index (χ0v) is 12.4. The zero-order chi connectivity index (χ0) is 15.8. The number of rotatable bonds is 5. The number of nitrogens with zero attached hydrogens (tertiary/aromatic N) is 3. The van der Waals surface area contributed by atoms with Crippen LogP contribution in [-0.2, 0) is 16.0 Å². The molecule has 3 aromatic rings. The number of aromatic nitrogens is 3. The highest BCUT2D eigenvalue weighted by molar-refractivity contribution is 5.53. The number of methoxy groups -OCH3 is 1. The van der Waals surface area contributed by atoms with Crippen molar-refractivity contribution in [2.24, 2.45) is 0 Å². The number of hydrogen-bond donors (Lipinski definition) is 1. The molecule has 0 spiro atoms. The van der Waals surface area contributed by atoms with E-state index in [9.17, 15) is 4.39 Å². The smallest absolute Gasteiger partial charge is 0.188 e. The summed E-state index contributed by atoms with van der Waals surface area (Å²) >= 11 is 0. The van der Waals surface area contributed by atoms with Gasteiger partial charge >= 0.3 is 0 Å². The molecule has 1 aliphatic heterocycles. The maximum Gasteiger partial charge on any atom is 0.188 e. The van der Waals surface area contributed by atoms with E-state index in [1.807, 2.05) is 18.3 Å². The predicted molar refractivity (Wildman–Crippen MR) is 81.3 cm³/mol. The first kappa shape index (κ1) is 14.1. The number of nitrogens with one attached hydrogen (secondary N) is 1. The minimum absolute atomic E-state index is 0.122. The average molecular weight is 314 g/mol. The Kier molecular flexibility index (Phi) is 3.44. The summed E-state index contributed by atoms with van der Waals surface area (Å²) < 4.78 is 25.5. The molecule has 1 aliphatic rings. The minimum Gasteiger partial charge on any atom is -0.366 e. The number of halogens is 1. The van der Waals surface area contributed by atoms with Crippen LogP contribution in [0.25, 0.3) is 5.65 Å². The first-order valence-electron chi connectivity index (χ1n) is 7.25. The van der Waals surface area contributed by atoms with E-state index in [1.54, 1.807) is 23.9 Å². The lowest BCUT2D eigenvalue weighted by Gasteiger charge is -2.06. The maximum absolute atomic E-state index is 13.2. The molecule has 0 aliphatic carbocycles. The Bertz CT molecular complexity index is 851. The van der Waals surface area contributed by atoms with Crippen molar-refractivity contribution in [3.8, 4) is 0 Å². The summed E-state index contributed by atoms with van der Waals surface area (Å²) in [5.41, 5.74) is 2.47. The molecule has 1 saturated heterocycles. The average Bonchev–Trinajstić information content (AvgIpc) is 3.23. The van der Waals surface area contributed by atoms with Crippen LogP contribution in [0.1, 0.15) is 17.2 Å². The van der Waals surface area contributed by atoms with Gasteiger partial charge < -0.3 is 14.8 Å². The highest BCUT2D eigenvalue weighted by atomic mass is 19.1. The van der Waals surface area contributed by atoms with Gasteiger partial charge in [0.05, 0.1) is 11.8 Å². The monoisotopic (exact) mass is 314 g/mol. The molecular formula is C16H15FN4O2. The summed E-state index contributed by atoms with van der Waals surface area (Å²) in [4.78, 5) is 4.56. The lowest BCUT2D eigenvalue weighted by Crippen LogP contribution is -2.03. The predicted octanol–water partition coefficient (Wildman–Crippen LogP) is 2.52. The largest absolute Gasteiger partial charge is 0.366 e. The number of anilines is 1. The second kappa shape index (κ2) is 5.60.